The van der Waals surface area contributed by atoms with Crippen LogP contribution in [0.3, 0.4) is 0 Å². The summed E-state index contributed by atoms with van der Waals surface area (Å²) >= 11 is 1.32. The summed E-state index contributed by atoms with van der Waals surface area (Å²) in [6.45, 7) is 0. The first-order valence-electron chi connectivity index (χ1n) is 9.76. The molecule has 3 saturated carbocycles. The summed E-state index contributed by atoms with van der Waals surface area (Å²) in [5.41, 5.74) is 0.689. The molecule has 3 aliphatic carbocycles. The number of fused-ring (bicyclic) bond motifs is 5. The van der Waals surface area contributed by atoms with Crippen LogP contribution >= 0.6 is 11.3 Å². The predicted molar refractivity (Wildman–Crippen MR) is 101 cm³/mol. The summed E-state index contributed by atoms with van der Waals surface area (Å²) in [4.78, 5) is 28.8. The second-order valence-electron chi connectivity index (χ2n) is 8.08. The van der Waals surface area contributed by atoms with Crippen LogP contribution in [-0.4, -0.2) is 22.8 Å². The second-order valence-corrected chi connectivity index (χ2v) is 8.94. The van der Waals surface area contributed by atoms with E-state index in [0.29, 0.717) is 22.8 Å². The van der Waals surface area contributed by atoms with Crippen molar-refractivity contribution in [3.05, 3.63) is 35.2 Å². The molecular formula is C20H23N3O3S. The van der Waals surface area contributed by atoms with Crippen LogP contribution < -0.4 is 10.6 Å². The van der Waals surface area contributed by atoms with Gasteiger partial charge in [0.15, 0.2) is 10.9 Å². The molecule has 0 radical (unpaired) electrons. The molecule has 2 aromatic heterocycles. The molecule has 2 bridgehead atoms. The van der Waals surface area contributed by atoms with Crippen molar-refractivity contribution in [3.63, 3.8) is 0 Å². The Labute approximate surface area is 161 Å². The standard InChI is InChI=1S/C20H23N3O3S/c24-18(22-16-8-11-7-15(16)14-4-1-3-13(11)14)9-12-10-27-20(21-12)23-19(25)17-5-2-6-26-17/h2,5-6,10-11,13-16H,1,3-4,7-9H2,(H,22,24)(H,21,23,25)/t11-,13-,14-,15+,16-/m1/s1. The highest BCUT2D eigenvalue weighted by atomic mass is 32.1. The summed E-state index contributed by atoms with van der Waals surface area (Å²) in [6, 6.07) is 3.61. The molecule has 5 rings (SSSR count). The van der Waals surface area contributed by atoms with Gasteiger partial charge in [-0.1, -0.05) is 6.42 Å². The number of thiazole rings is 1. The third-order valence-corrected chi connectivity index (χ3v) is 7.44. The van der Waals surface area contributed by atoms with Crippen LogP contribution in [0.4, 0.5) is 5.13 Å². The van der Waals surface area contributed by atoms with Gasteiger partial charge in [-0.05, 0) is 61.5 Å². The molecule has 0 unspecified atom stereocenters. The summed E-state index contributed by atoms with van der Waals surface area (Å²) in [7, 11) is 0. The third-order valence-electron chi connectivity index (χ3n) is 6.63. The van der Waals surface area contributed by atoms with Gasteiger partial charge in [-0.2, -0.15) is 0 Å². The Morgan fingerprint density at radius 1 is 1.22 bits per heavy atom. The minimum absolute atomic E-state index is 0.0382. The molecule has 142 valence electrons. The number of aromatic nitrogens is 1. The van der Waals surface area contributed by atoms with Crippen molar-refractivity contribution in [2.24, 2.45) is 23.7 Å². The first-order chi connectivity index (χ1) is 13.2. The first kappa shape index (κ1) is 17.0. The average Bonchev–Trinajstić information content (AvgIpc) is 3.43. The van der Waals surface area contributed by atoms with Crippen LogP contribution in [0.15, 0.2) is 28.2 Å². The summed E-state index contributed by atoms with van der Waals surface area (Å²) in [5, 5.41) is 8.27. The van der Waals surface area contributed by atoms with E-state index in [0.717, 1.165) is 24.2 Å². The minimum atomic E-state index is -0.335. The average molecular weight is 385 g/mol. The molecule has 0 spiro atoms. The van der Waals surface area contributed by atoms with Gasteiger partial charge >= 0.3 is 0 Å². The van der Waals surface area contributed by atoms with Gasteiger partial charge in [0.1, 0.15) is 0 Å². The highest BCUT2D eigenvalue weighted by Gasteiger charge is 2.53. The Kier molecular flexibility index (Phi) is 4.27. The lowest BCUT2D eigenvalue weighted by molar-refractivity contribution is -0.121. The number of carbonyl (C=O) groups excluding carboxylic acids is 2. The Balaban J connectivity index is 1.15. The van der Waals surface area contributed by atoms with Crippen molar-refractivity contribution >= 4 is 28.3 Å². The van der Waals surface area contributed by atoms with E-state index < -0.39 is 0 Å². The van der Waals surface area contributed by atoms with E-state index in [4.69, 9.17) is 4.42 Å². The third kappa shape index (κ3) is 3.18. The van der Waals surface area contributed by atoms with Gasteiger partial charge in [0.25, 0.3) is 5.91 Å². The van der Waals surface area contributed by atoms with Gasteiger partial charge in [0.05, 0.1) is 18.4 Å². The van der Waals surface area contributed by atoms with E-state index >= 15 is 0 Å². The molecule has 2 N–H and O–H groups in total. The molecule has 2 amide bonds. The van der Waals surface area contributed by atoms with Crippen LogP contribution in [0.2, 0.25) is 0 Å². The molecule has 5 atom stereocenters. The van der Waals surface area contributed by atoms with Crippen molar-refractivity contribution < 1.29 is 14.0 Å². The number of anilines is 1. The number of nitrogens with zero attached hydrogens (tertiary/aromatic N) is 1. The van der Waals surface area contributed by atoms with Crippen LogP contribution in [0.25, 0.3) is 0 Å². The molecule has 2 aromatic rings. The van der Waals surface area contributed by atoms with E-state index in [9.17, 15) is 9.59 Å². The molecule has 0 aromatic carbocycles. The number of rotatable bonds is 5. The van der Waals surface area contributed by atoms with Crippen LogP contribution in [0.1, 0.15) is 48.4 Å². The Morgan fingerprint density at radius 3 is 2.96 bits per heavy atom. The summed E-state index contributed by atoms with van der Waals surface area (Å²) in [5.74, 6) is 3.24. The van der Waals surface area contributed by atoms with E-state index in [1.807, 2.05) is 5.38 Å². The van der Waals surface area contributed by atoms with E-state index in [1.54, 1.807) is 12.1 Å². The molecule has 3 aliphatic rings. The van der Waals surface area contributed by atoms with E-state index in [2.05, 4.69) is 15.6 Å². The number of nitrogens with one attached hydrogen (secondary N) is 2. The lowest BCUT2D eigenvalue weighted by Gasteiger charge is -2.32. The number of carbonyl (C=O) groups is 2. The van der Waals surface area contributed by atoms with Crippen molar-refractivity contribution in [2.45, 2.75) is 44.6 Å². The quantitative estimate of drug-likeness (QED) is 0.825. The van der Waals surface area contributed by atoms with Crippen molar-refractivity contribution in [1.82, 2.24) is 10.3 Å². The largest absolute Gasteiger partial charge is 0.459 e. The van der Waals surface area contributed by atoms with Gasteiger partial charge in [0.2, 0.25) is 5.91 Å². The zero-order valence-electron chi connectivity index (χ0n) is 15.0. The maximum absolute atomic E-state index is 12.5. The fourth-order valence-corrected chi connectivity index (χ4v) is 6.37. The van der Waals surface area contributed by atoms with Crippen molar-refractivity contribution in [1.29, 1.82) is 0 Å². The molecule has 6 nitrogen and oxygen atoms in total. The smallest absolute Gasteiger partial charge is 0.293 e. The fourth-order valence-electron chi connectivity index (χ4n) is 5.67. The van der Waals surface area contributed by atoms with Gasteiger partial charge in [-0.25, -0.2) is 4.98 Å². The maximum Gasteiger partial charge on any atom is 0.293 e. The SMILES string of the molecule is O=C(Cc1csc(NC(=O)c2ccco2)n1)N[C@@H]1C[C@H]2C[C@H]1[C@@H]1CCC[C@H]21. The fraction of sp³-hybridized carbons (Fsp3) is 0.550. The Morgan fingerprint density at radius 2 is 2.11 bits per heavy atom. The van der Waals surface area contributed by atoms with Gasteiger partial charge < -0.3 is 9.73 Å². The molecule has 2 heterocycles. The van der Waals surface area contributed by atoms with Gasteiger partial charge in [-0.3, -0.25) is 14.9 Å². The molecule has 7 heteroatoms. The van der Waals surface area contributed by atoms with Crippen molar-refractivity contribution in [2.75, 3.05) is 5.32 Å². The maximum atomic E-state index is 12.5. The molecule has 0 saturated heterocycles. The number of hydrogen-bond acceptors (Lipinski definition) is 5. The van der Waals surface area contributed by atoms with Crippen LogP contribution in [0.5, 0.6) is 0 Å². The minimum Gasteiger partial charge on any atom is -0.459 e. The number of furan rings is 1. The summed E-state index contributed by atoms with van der Waals surface area (Å²) < 4.78 is 5.07. The van der Waals surface area contributed by atoms with Crippen molar-refractivity contribution in [3.8, 4) is 0 Å². The summed E-state index contributed by atoms with van der Waals surface area (Å²) in [6.07, 6.45) is 8.29. The molecule has 0 aliphatic heterocycles. The number of amides is 2. The lowest BCUT2D eigenvalue weighted by Crippen LogP contribution is -2.43. The predicted octanol–water partition coefficient (Wildman–Crippen LogP) is 3.47. The first-order valence-corrected chi connectivity index (χ1v) is 10.6. The molecular weight excluding hydrogens is 362 g/mol. The topological polar surface area (TPSA) is 84.2 Å². The number of hydrogen-bond donors (Lipinski definition) is 2. The lowest BCUT2D eigenvalue weighted by atomic mass is 9.79. The van der Waals surface area contributed by atoms with Crippen LogP contribution in [0, 0.1) is 23.7 Å². The van der Waals surface area contributed by atoms with Crippen LogP contribution in [-0.2, 0) is 11.2 Å². The molecule has 3 fully saturated rings. The normalized spacial score (nSPS) is 31.0. The van der Waals surface area contributed by atoms with Gasteiger partial charge in [0, 0.05) is 11.4 Å². The van der Waals surface area contributed by atoms with E-state index in [1.165, 1.54) is 43.3 Å². The highest BCUT2D eigenvalue weighted by Crippen LogP contribution is 2.58. The zero-order chi connectivity index (χ0) is 18.4. The Bertz CT molecular complexity index is 847. The molecule has 27 heavy (non-hydrogen) atoms. The van der Waals surface area contributed by atoms with E-state index in [-0.39, 0.29) is 24.0 Å². The highest BCUT2D eigenvalue weighted by molar-refractivity contribution is 7.14. The zero-order valence-corrected chi connectivity index (χ0v) is 15.8. The monoisotopic (exact) mass is 385 g/mol. The van der Waals surface area contributed by atoms with Gasteiger partial charge in [-0.15, -0.1) is 11.3 Å². The second kappa shape index (κ2) is 6.78. The Hall–Kier alpha value is -2.15.